The summed E-state index contributed by atoms with van der Waals surface area (Å²) in [7, 11) is 0. The van der Waals surface area contributed by atoms with Gasteiger partial charge in [-0.05, 0) is 43.7 Å². The second kappa shape index (κ2) is 7.59. The molecule has 0 radical (unpaired) electrons. The van der Waals surface area contributed by atoms with Crippen LogP contribution in [0.5, 0.6) is 0 Å². The summed E-state index contributed by atoms with van der Waals surface area (Å²) < 4.78 is 4.87. The molecular formula is C15H15ClO5. The molecule has 0 heterocycles. The number of esters is 1. The van der Waals surface area contributed by atoms with E-state index in [1.54, 1.807) is 6.92 Å². The van der Waals surface area contributed by atoms with Gasteiger partial charge >= 0.3 is 11.9 Å². The fourth-order valence-corrected chi connectivity index (χ4v) is 1.76. The van der Waals surface area contributed by atoms with Crippen LogP contribution in [0.2, 0.25) is 0 Å². The third-order valence-corrected chi connectivity index (χ3v) is 2.79. The average molecular weight is 311 g/mol. The number of benzene rings is 1. The standard InChI is InChI=1S/C15H15ClO5/c1-3-21-15(20)11-4-6-12(14(19)9(2)16)10(8-11)5-7-13(17)18/h4-9H,3H2,1-2H3,(H,17,18)/b7-5+. The van der Waals surface area contributed by atoms with Crippen LogP contribution in [0.4, 0.5) is 0 Å². The fraction of sp³-hybridized carbons (Fsp3) is 0.267. The van der Waals surface area contributed by atoms with Crippen molar-refractivity contribution in [1.82, 2.24) is 0 Å². The molecular weight excluding hydrogens is 296 g/mol. The third-order valence-electron chi connectivity index (χ3n) is 2.59. The summed E-state index contributed by atoms with van der Waals surface area (Å²) in [6, 6.07) is 4.29. The highest BCUT2D eigenvalue weighted by atomic mass is 35.5. The lowest BCUT2D eigenvalue weighted by Gasteiger charge is -2.09. The summed E-state index contributed by atoms with van der Waals surface area (Å²) in [6.45, 7) is 3.42. The molecule has 1 aromatic carbocycles. The van der Waals surface area contributed by atoms with Crippen molar-refractivity contribution < 1.29 is 24.2 Å². The van der Waals surface area contributed by atoms with Crippen LogP contribution in [0.25, 0.3) is 6.08 Å². The number of carbonyl (C=O) groups excluding carboxylic acids is 2. The Morgan fingerprint density at radius 2 is 2.05 bits per heavy atom. The van der Waals surface area contributed by atoms with Gasteiger partial charge in [0.05, 0.1) is 17.5 Å². The van der Waals surface area contributed by atoms with Gasteiger partial charge in [-0.3, -0.25) is 4.79 Å². The molecule has 6 heteroatoms. The number of ketones is 1. The SMILES string of the molecule is CCOC(=O)c1ccc(C(=O)C(C)Cl)c(/C=C/C(=O)O)c1. The second-order valence-electron chi connectivity index (χ2n) is 4.17. The number of hydrogen-bond acceptors (Lipinski definition) is 4. The Morgan fingerprint density at radius 3 is 2.57 bits per heavy atom. The smallest absolute Gasteiger partial charge is 0.338 e. The van der Waals surface area contributed by atoms with Crippen molar-refractivity contribution in [3.05, 3.63) is 41.0 Å². The molecule has 0 amide bonds. The van der Waals surface area contributed by atoms with Gasteiger partial charge in [0.25, 0.3) is 0 Å². The Balaban J connectivity index is 3.29. The van der Waals surface area contributed by atoms with Crippen LogP contribution in [-0.4, -0.2) is 34.8 Å². The average Bonchev–Trinajstić information content (AvgIpc) is 2.44. The van der Waals surface area contributed by atoms with E-state index >= 15 is 0 Å². The summed E-state index contributed by atoms with van der Waals surface area (Å²) >= 11 is 5.77. The minimum absolute atomic E-state index is 0.221. The summed E-state index contributed by atoms with van der Waals surface area (Å²) in [6.07, 6.45) is 2.14. The number of carboxylic acid groups (broad SMARTS) is 1. The van der Waals surface area contributed by atoms with Gasteiger partial charge in [-0.1, -0.05) is 0 Å². The highest BCUT2D eigenvalue weighted by Gasteiger charge is 2.17. The molecule has 0 spiro atoms. The quantitative estimate of drug-likeness (QED) is 0.378. The first-order valence-corrected chi connectivity index (χ1v) is 6.71. The Morgan fingerprint density at radius 1 is 1.38 bits per heavy atom. The molecule has 1 unspecified atom stereocenters. The van der Waals surface area contributed by atoms with Crippen molar-refractivity contribution in [1.29, 1.82) is 0 Å². The van der Waals surface area contributed by atoms with E-state index in [1.807, 2.05) is 0 Å². The fourth-order valence-electron chi connectivity index (χ4n) is 1.64. The van der Waals surface area contributed by atoms with Crippen LogP contribution < -0.4 is 0 Å². The van der Waals surface area contributed by atoms with Crippen LogP contribution in [0.1, 0.15) is 40.1 Å². The maximum Gasteiger partial charge on any atom is 0.338 e. The predicted molar refractivity (Wildman–Crippen MR) is 78.7 cm³/mol. The Kier molecular flexibility index (Phi) is 6.11. The number of carboxylic acids is 1. The zero-order valence-corrected chi connectivity index (χ0v) is 12.4. The van der Waals surface area contributed by atoms with E-state index in [9.17, 15) is 14.4 Å². The number of alkyl halides is 1. The van der Waals surface area contributed by atoms with Gasteiger partial charge in [-0.15, -0.1) is 11.6 Å². The van der Waals surface area contributed by atoms with Crippen LogP contribution in [-0.2, 0) is 9.53 Å². The Hall–Kier alpha value is -2.14. The van der Waals surface area contributed by atoms with E-state index in [0.29, 0.717) is 5.56 Å². The molecule has 112 valence electrons. The molecule has 0 saturated carbocycles. The van der Waals surface area contributed by atoms with E-state index in [1.165, 1.54) is 31.2 Å². The summed E-state index contributed by atoms with van der Waals surface area (Å²) in [5.41, 5.74) is 0.796. The van der Waals surface area contributed by atoms with Gasteiger partial charge in [0.1, 0.15) is 0 Å². The topological polar surface area (TPSA) is 80.7 Å². The lowest BCUT2D eigenvalue weighted by Crippen LogP contribution is -2.13. The van der Waals surface area contributed by atoms with Gasteiger partial charge in [0.2, 0.25) is 0 Å². The number of rotatable bonds is 6. The van der Waals surface area contributed by atoms with Crippen LogP contribution in [0.15, 0.2) is 24.3 Å². The zero-order chi connectivity index (χ0) is 16.0. The van der Waals surface area contributed by atoms with Crippen molar-refractivity contribution in [3.8, 4) is 0 Å². The van der Waals surface area contributed by atoms with Crippen LogP contribution in [0, 0.1) is 0 Å². The second-order valence-corrected chi connectivity index (χ2v) is 4.83. The Labute approximate surface area is 127 Å². The highest BCUT2D eigenvalue weighted by molar-refractivity contribution is 6.34. The molecule has 1 rings (SSSR count). The molecule has 1 atom stereocenters. The molecule has 0 bridgehead atoms. The first-order valence-electron chi connectivity index (χ1n) is 6.27. The number of aliphatic carboxylic acids is 1. The predicted octanol–water partition coefficient (Wildman–Crippen LogP) is 2.77. The molecule has 0 aliphatic carbocycles. The molecule has 0 aliphatic rings. The van der Waals surface area contributed by atoms with Crippen molar-refractivity contribution in [2.75, 3.05) is 6.61 Å². The minimum Gasteiger partial charge on any atom is -0.478 e. The molecule has 0 saturated heterocycles. The number of Topliss-reactive ketones (excluding diaryl/α,β-unsaturated/α-hetero) is 1. The first-order chi connectivity index (χ1) is 9.86. The molecule has 0 fully saturated rings. The molecule has 0 aliphatic heterocycles. The molecule has 1 N–H and O–H groups in total. The third kappa shape index (κ3) is 4.72. The Bertz CT molecular complexity index is 590. The number of ether oxygens (including phenoxy) is 1. The van der Waals surface area contributed by atoms with E-state index in [-0.39, 0.29) is 23.5 Å². The molecule has 0 aromatic heterocycles. The number of hydrogen-bond donors (Lipinski definition) is 1. The van der Waals surface area contributed by atoms with Gasteiger partial charge in [0, 0.05) is 11.6 Å². The van der Waals surface area contributed by atoms with Crippen molar-refractivity contribution >= 4 is 35.4 Å². The van der Waals surface area contributed by atoms with E-state index < -0.39 is 17.3 Å². The van der Waals surface area contributed by atoms with Crippen LogP contribution in [0.3, 0.4) is 0 Å². The largest absolute Gasteiger partial charge is 0.478 e. The normalized spacial score (nSPS) is 12.1. The monoisotopic (exact) mass is 310 g/mol. The summed E-state index contributed by atoms with van der Waals surface area (Å²) in [5, 5.41) is 7.93. The lowest BCUT2D eigenvalue weighted by molar-refractivity contribution is -0.131. The van der Waals surface area contributed by atoms with Crippen molar-refractivity contribution in [2.45, 2.75) is 19.2 Å². The van der Waals surface area contributed by atoms with E-state index in [2.05, 4.69) is 0 Å². The molecule has 1 aromatic rings. The molecule has 5 nitrogen and oxygen atoms in total. The lowest BCUT2D eigenvalue weighted by atomic mass is 9.98. The van der Waals surface area contributed by atoms with E-state index in [0.717, 1.165) is 6.08 Å². The molecule has 21 heavy (non-hydrogen) atoms. The first kappa shape index (κ1) is 16.9. The summed E-state index contributed by atoms with van der Waals surface area (Å²) in [5.74, 6) is -2.05. The highest BCUT2D eigenvalue weighted by Crippen LogP contribution is 2.18. The van der Waals surface area contributed by atoms with Gasteiger partial charge in [-0.2, -0.15) is 0 Å². The maximum absolute atomic E-state index is 12.0. The van der Waals surface area contributed by atoms with Crippen LogP contribution >= 0.6 is 11.6 Å². The van der Waals surface area contributed by atoms with Gasteiger partial charge in [-0.25, -0.2) is 9.59 Å². The number of halogens is 1. The minimum atomic E-state index is -1.16. The maximum atomic E-state index is 12.0. The van der Waals surface area contributed by atoms with Crippen molar-refractivity contribution in [3.63, 3.8) is 0 Å². The zero-order valence-electron chi connectivity index (χ0n) is 11.6. The van der Waals surface area contributed by atoms with Gasteiger partial charge in [0.15, 0.2) is 5.78 Å². The van der Waals surface area contributed by atoms with Crippen molar-refractivity contribution in [2.24, 2.45) is 0 Å². The summed E-state index contributed by atoms with van der Waals surface area (Å²) in [4.78, 5) is 34.3. The van der Waals surface area contributed by atoms with Gasteiger partial charge < -0.3 is 9.84 Å². The number of carbonyl (C=O) groups is 3. The van der Waals surface area contributed by atoms with E-state index in [4.69, 9.17) is 21.4 Å².